The van der Waals surface area contributed by atoms with E-state index in [2.05, 4.69) is 0 Å². The predicted molar refractivity (Wildman–Crippen MR) is 66.2 cm³/mol. The summed E-state index contributed by atoms with van der Waals surface area (Å²) >= 11 is 0. The van der Waals surface area contributed by atoms with Gasteiger partial charge in [0.1, 0.15) is 0 Å². The maximum Gasteiger partial charge on any atom is 0.159 e. The minimum Gasteiger partial charge on any atom is -0.545 e. The van der Waals surface area contributed by atoms with Crippen LogP contribution in [0, 0.1) is 0 Å². The molecule has 18 heavy (non-hydrogen) atoms. The van der Waals surface area contributed by atoms with Gasteiger partial charge >= 0.3 is 0 Å². The second-order valence-electron chi connectivity index (χ2n) is 3.97. The van der Waals surface area contributed by atoms with Crippen LogP contribution in [0.1, 0.15) is 27.6 Å². The Bertz CT molecular complexity index is 615. The van der Waals surface area contributed by atoms with Crippen LogP contribution in [0.3, 0.4) is 0 Å². The van der Waals surface area contributed by atoms with Gasteiger partial charge in [0, 0.05) is 11.1 Å². The molecule has 0 heterocycles. The normalized spacial score (nSPS) is 10.1. The first kappa shape index (κ1) is 12.0. The van der Waals surface area contributed by atoms with E-state index in [4.69, 9.17) is 0 Å². The standard InChI is InChI=1S/C15H12O3/c1-10(16)11-5-4-6-12(9-11)13-7-2-3-8-14(13)15(17)18/h2-9H,1H3,(H,17,18)/p-1. The Morgan fingerprint density at radius 2 is 1.72 bits per heavy atom. The Labute approximate surface area is 105 Å². The number of hydrogen-bond donors (Lipinski definition) is 0. The van der Waals surface area contributed by atoms with Crippen molar-refractivity contribution in [3.63, 3.8) is 0 Å². The molecule has 0 aliphatic carbocycles. The lowest BCUT2D eigenvalue weighted by Gasteiger charge is -2.10. The molecule has 0 fully saturated rings. The Morgan fingerprint density at radius 3 is 2.39 bits per heavy atom. The summed E-state index contributed by atoms with van der Waals surface area (Å²) in [4.78, 5) is 22.4. The van der Waals surface area contributed by atoms with Gasteiger partial charge in [-0.3, -0.25) is 4.79 Å². The minimum absolute atomic E-state index is 0.0530. The van der Waals surface area contributed by atoms with E-state index >= 15 is 0 Å². The van der Waals surface area contributed by atoms with Crippen molar-refractivity contribution >= 4 is 11.8 Å². The molecule has 0 spiro atoms. The summed E-state index contributed by atoms with van der Waals surface area (Å²) in [7, 11) is 0. The van der Waals surface area contributed by atoms with Crippen LogP contribution in [-0.4, -0.2) is 11.8 Å². The quantitative estimate of drug-likeness (QED) is 0.769. The van der Waals surface area contributed by atoms with Crippen molar-refractivity contribution in [3.05, 3.63) is 59.7 Å². The summed E-state index contributed by atoms with van der Waals surface area (Å²) in [6.45, 7) is 1.48. The molecule has 0 bridgehead atoms. The van der Waals surface area contributed by atoms with E-state index < -0.39 is 5.97 Å². The summed E-state index contributed by atoms with van der Waals surface area (Å²) in [6.07, 6.45) is 0. The topological polar surface area (TPSA) is 57.2 Å². The fourth-order valence-electron chi connectivity index (χ4n) is 1.82. The molecule has 0 saturated carbocycles. The van der Waals surface area contributed by atoms with Crippen molar-refractivity contribution in [3.8, 4) is 11.1 Å². The predicted octanol–water partition coefficient (Wildman–Crippen LogP) is 1.92. The van der Waals surface area contributed by atoms with Gasteiger partial charge in [-0.2, -0.15) is 0 Å². The summed E-state index contributed by atoms with van der Waals surface area (Å²) in [5.41, 5.74) is 1.93. The van der Waals surface area contributed by atoms with Gasteiger partial charge < -0.3 is 9.90 Å². The summed E-state index contributed by atoms with van der Waals surface area (Å²) in [5, 5.41) is 11.0. The fourth-order valence-corrected chi connectivity index (χ4v) is 1.82. The maximum absolute atomic E-state index is 11.3. The van der Waals surface area contributed by atoms with Gasteiger partial charge in [0.2, 0.25) is 0 Å². The van der Waals surface area contributed by atoms with Gasteiger partial charge in [0.25, 0.3) is 0 Å². The molecule has 0 N–H and O–H groups in total. The highest BCUT2D eigenvalue weighted by atomic mass is 16.4. The number of rotatable bonds is 3. The molecule has 90 valence electrons. The molecule has 0 amide bonds. The zero-order valence-electron chi connectivity index (χ0n) is 9.84. The van der Waals surface area contributed by atoms with Gasteiger partial charge in [-0.25, -0.2) is 0 Å². The first-order valence-corrected chi connectivity index (χ1v) is 5.51. The molecular weight excluding hydrogens is 228 g/mol. The number of carbonyl (C=O) groups excluding carboxylic acids is 2. The second-order valence-corrected chi connectivity index (χ2v) is 3.97. The van der Waals surface area contributed by atoms with Crippen LogP contribution in [-0.2, 0) is 0 Å². The maximum atomic E-state index is 11.3. The average molecular weight is 239 g/mol. The molecule has 0 saturated heterocycles. The van der Waals surface area contributed by atoms with Gasteiger partial charge in [-0.1, -0.05) is 42.5 Å². The van der Waals surface area contributed by atoms with Crippen LogP contribution < -0.4 is 5.11 Å². The molecule has 0 aromatic heterocycles. The van der Waals surface area contributed by atoms with Gasteiger partial charge in [0.15, 0.2) is 5.78 Å². The Hall–Kier alpha value is -2.42. The van der Waals surface area contributed by atoms with Gasteiger partial charge in [0.05, 0.1) is 5.97 Å². The van der Waals surface area contributed by atoms with E-state index in [1.165, 1.54) is 13.0 Å². The lowest BCUT2D eigenvalue weighted by molar-refractivity contribution is -0.254. The first-order valence-electron chi connectivity index (χ1n) is 5.51. The van der Waals surface area contributed by atoms with Crippen LogP contribution in [0.4, 0.5) is 0 Å². The summed E-state index contributed by atoms with van der Waals surface area (Å²) < 4.78 is 0. The van der Waals surface area contributed by atoms with E-state index in [9.17, 15) is 14.7 Å². The van der Waals surface area contributed by atoms with E-state index in [-0.39, 0.29) is 11.3 Å². The first-order chi connectivity index (χ1) is 8.59. The Balaban J connectivity index is 2.58. The zero-order chi connectivity index (χ0) is 13.1. The lowest BCUT2D eigenvalue weighted by Crippen LogP contribution is -2.22. The van der Waals surface area contributed by atoms with Gasteiger partial charge in [-0.15, -0.1) is 0 Å². The van der Waals surface area contributed by atoms with Crippen molar-refractivity contribution in [2.75, 3.05) is 0 Å². The number of hydrogen-bond acceptors (Lipinski definition) is 3. The highest BCUT2D eigenvalue weighted by Gasteiger charge is 2.07. The molecule has 2 aromatic rings. The Kier molecular flexibility index (Phi) is 3.24. The van der Waals surface area contributed by atoms with Crippen molar-refractivity contribution in [2.45, 2.75) is 6.92 Å². The number of carboxylic acid groups (broad SMARTS) is 1. The van der Waals surface area contributed by atoms with Crippen LogP contribution in [0.5, 0.6) is 0 Å². The third kappa shape index (κ3) is 2.30. The molecule has 0 aliphatic heterocycles. The molecule has 0 atom stereocenters. The zero-order valence-corrected chi connectivity index (χ0v) is 9.84. The fraction of sp³-hybridized carbons (Fsp3) is 0.0667. The molecule has 2 rings (SSSR count). The Morgan fingerprint density at radius 1 is 1.00 bits per heavy atom. The number of Topliss-reactive ketones (excluding diaryl/α,β-unsaturated/α-hetero) is 1. The smallest absolute Gasteiger partial charge is 0.159 e. The number of aromatic carboxylic acids is 1. The number of carboxylic acids is 1. The second kappa shape index (κ2) is 4.84. The van der Waals surface area contributed by atoms with E-state index in [0.717, 1.165) is 0 Å². The van der Waals surface area contributed by atoms with Crippen molar-refractivity contribution < 1.29 is 14.7 Å². The largest absolute Gasteiger partial charge is 0.545 e. The van der Waals surface area contributed by atoms with E-state index in [1.54, 1.807) is 42.5 Å². The highest BCUT2D eigenvalue weighted by Crippen LogP contribution is 2.24. The molecule has 3 nitrogen and oxygen atoms in total. The molecule has 2 aromatic carbocycles. The number of benzene rings is 2. The molecule has 0 radical (unpaired) electrons. The number of ketones is 1. The van der Waals surface area contributed by atoms with Crippen LogP contribution in [0.2, 0.25) is 0 Å². The highest BCUT2D eigenvalue weighted by molar-refractivity contribution is 5.98. The molecule has 0 aliphatic rings. The summed E-state index contributed by atoms with van der Waals surface area (Å²) in [5.74, 6) is -1.28. The van der Waals surface area contributed by atoms with E-state index in [0.29, 0.717) is 16.7 Å². The SMILES string of the molecule is CC(=O)c1cccc(-c2ccccc2C(=O)[O-])c1. The van der Waals surface area contributed by atoms with Crippen LogP contribution in [0.25, 0.3) is 11.1 Å². The van der Waals surface area contributed by atoms with Crippen LogP contribution >= 0.6 is 0 Å². The third-order valence-electron chi connectivity index (χ3n) is 2.73. The van der Waals surface area contributed by atoms with Crippen molar-refractivity contribution in [1.29, 1.82) is 0 Å². The van der Waals surface area contributed by atoms with Crippen molar-refractivity contribution in [1.82, 2.24) is 0 Å². The molecule has 3 heteroatoms. The van der Waals surface area contributed by atoms with E-state index in [1.807, 2.05) is 0 Å². The van der Waals surface area contributed by atoms with Crippen LogP contribution in [0.15, 0.2) is 48.5 Å². The molecule has 0 unspecified atom stereocenters. The minimum atomic E-state index is -1.22. The third-order valence-corrected chi connectivity index (χ3v) is 2.73. The number of carbonyl (C=O) groups is 2. The van der Waals surface area contributed by atoms with Gasteiger partial charge in [-0.05, 0) is 24.1 Å². The lowest BCUT2D eigenvalue weighted by atomic mass is 9.97. The molecular formula is C15H11O3-. The van der Waals surface area contributed by atoms with Crippen molar-refractivity contribution in [2.24, 2.45) is 0 Å². The average Bonchev–Trinajstić information content (AvgIpc) is 2.39. The summed E-state index contributed by atoms with van der Waals surface area (Å²) in [6, 6.07) is 13.5. The monoisotopic (exact) mass is 239 g/mol.